The van der Waals surface area contributed by atoms with Gasteiger partial charge in [-0.3, -0.25) is 0 Å². The smallest absolute Gasteiger partial charge is 0.00159 e. The first kappa shape index (κ1) is 16.2. The lowest BCUT2D eigenvalue weighted by molar-refractivity contribution is 0.255. The minimum atomic E-state index is 0.803. The quantitative estimate of drug-likeness (QED) is 0.690. The normalized spacial score (nSPS) is 16.3. The largest absolute Gasteiger partial charge is 0.306 e. The molecule has 0 bridgehead atoms. The zero-order valence-electron chi connectivity index (χ0n) is 12.2. The first-order valence-corrected chi connectivity index (χ1v) is 7.10. The van der Waals surface area contributed by atoms with Gasteiger partial charge in [0.2, 0.25) is 0 Å². The molecule has 2 rings (SSSR count). The van der Waals surface area contributed by atoms with Crippen LogP contribution in [0.1, 0.15) is 52.0 Å². The monoisotopic (exact) mass is 235 g/mol. The average molecular weight is 235 g/mol. The molecule has 1 aromatic carbocycles. The Labute approximate surface area is 108 Å². The summed E-state index contributed by atoms with van der Waals surface area (Å²) in [6.45, 7) is 10.5. The molecule has 0 amide bonds. The van der Waals surface area contributed by atoms with Crippen molar-refractivity contribution < 1.29 is 0 Å². The molecule has 1 nitrogen and oxygen atoms in total. The summed E-state index contributed by atoms with van der Waals surface area (Å²) < 4.78 is 0. The number of benzene rings is 1. The molecule has 0 radical (unpaired) electrons. The SMILES string of the molecule is CC.CC.CN1CCC(c2ccccc2)CC1. The molecule has 1 aromatic rings. The van der Waals surface area contributed by atoms with Crippen LogP contribution in [0.25, 0.3) is 0 Å². The van der Waals surface area contributed by atoms with Gasteiger partial charge in [-0.1, -0.05) is 58.0 Å². The van der Waals surface area contributed by atoms with Crippen LogP contribution in [0.2, 0.25) is 0 Å². The van der Waals surface area contributed by atoms with Gasteiger partial charge < -0.3 is 4.90 Å². The van der Waals surface area contributed by atoms with E-state index in [1.807, 2.05) is 27.7 Å². The summed E-state index contributed by atoms with van der Waals surface area (Å²) in [5, 5.41) is 0. The molecule has 0 spiro atoms. The molecular formula is C16H29N. The van der Waals surface area contributed by atoms with E-state index in [2.05, 4.69) is 42.3 Å². The highest BCUT2D eigenvalue weighted by molar-refractivity contribution is 5.19. The molecule has 0 saturated carbocycles. The molecule has 0 aromatic heterocycles. The summed E-state index contributed by atoms with van der Waals surface area (Å²) in [5.41, 5.74) is 1.52. The second-order valence-corrected chi connectivity index (χ2v) is 3.99. The summed E-state index contributed by atoms with van der Waals surface area (Å²) in [6, 6.07) is 10.9. The molecule has 0 aliphatic carbocycles. The number of hydrogen-bond donors (Lipinski definition) is 0. The second-order valence-electron chi connectivity index (χ2n) is 3.99. The van der Waals surface area contributed by atoms with Crippen LogP contribution in [-0.4, -0.2) is 25.0 Å². The Bertz CT molecular complexity index is 247. The van der Waals surface area contributed by atoms with E-state index < -0.39 is 0 Å². The van der Waals surface area contributed by atoms with Gasteiger partial charge in [0.05, 0.1) is 0 Å². The van der Waals surface area contributed by atoms with Gasteiger partial charge in [-0.2, -0.15) is 0 Å². The first-order chi connectivity index (χ1) is 8.36. The summed E-state index contributed by atoms with van der Waals surface area (Å²) in [6.07, 6.45) is 2.64. The van der Waals surface area contributed by atoms with Gasteiger partial charge in [0.1, 0.15) is 0 Å². The standard InChI is InChI=1S/C12H17N.2C2H6/c1-13-9-7-12(8-10-13)11-5-3-2-4-6-11;2*1-2/h2-6,12H,7-10H2,1H3;2*1-2H3. The van der Waals surface area contributed by atoms with Crippen molar-refractivity contribution in [3.05, 3.63) is 35.9 Å². The number of piperidine rings is 1. The maximum absolute atomic E-state index is 2.42. The second kappa shape index (κ2) is 10.3. The Morgan fingerprint density at radius 1 is 0.882 bits per heavy atom. The van der Waals surface area contributed by atoms with Crippen LogP contribution in [0.3, 0.4) is 0 Å². The fourth-order valence-corrected chi connectivity index (χ4v) is 2.07. The summed E-state index contributed by atoms with van der Waals surface area (Å²) >= 11 is 0. The molecule has 1 fully saturated rings. The Hall–Kier alpha value is -0.820. The van der Waals surface area contributed by atoms with Crippen LogP contribution in [0.15, 0.2) is 30.3 Å². The van der Waals surface area contributed by atoms with Gasteiger partial charge in [-0.05, 0) is 44.5 Å². The van der Waals surface area contributed by atoms with E-state index in [9.17, 15) is 0 Å². The fourth-order valence-electron chi connectivity index (χ4n) is 2.07. The van der Waals surface area contributed by atoms with Crippen LogP contribution in [0, 0.1) is 0 Å². The third-order valence-corrected chi connectivity index (χ3v) is 2.99. The highest BCUT2D eigenvalue weighted by Gasteiger charge is 2.17. The van der Waals surface area contributed by atoms with Crippen LogP contribution in [0.5, 0.6) is 0 Å². The number of nitrogens with zero attached hydrogens (tertiary/aromatic N) is 1. The van der Waals surface area contributed by atoms with Crippen LogP contribution in [0.4, 0.5) is 0 Å². The molecule has 0 atom stereocenters. The lowest BCUT2D eigenvalue weighted by Gasteiger charge is -2.29. The molecule has 1 aliphatic heterocycles. The van der Waals surface area contributed by atoms with Crippen LogP contribution < -0.4 is 0 Å². The van der Waals surface area contributed by atoms with Crippen molar-refractivity contribution in [3.8, 4) is 0 Å². The van der Waals surface area contributed by atoms with E-state index >= 15 is 0 Å². The first-order valence-electron chi connectivity index (χ1n) is 7.10. The van der Waals surface area contributed by atoms with Crippen LogP contribution in [-0.2, 0) is 0 Å². The molecule has 1 heteroatoms. The van der Waals surface area contributed by atoms with Gasteiger partial charge in [0.25, 0.3) is 0 Å². The Morgan fingerprint density at radius 2 is 1.35 bits per heavy atom. The number of hydrogen-bond acceptors (Lipinski definition) is 1. The van der Waals surface area contributed by atoms with E-state index in [1.54, 1.807) is 0 Å². The predicted octanol–water partition coefficient (Wildman–Crippen LogP) is 4.55. The molecule has 0 unspecified atom stereocenters. The number of likely N-dealkylation sites (tertiary alicyclic amines) is 1. The highest BCUT2D eigenvalue weighted by atomic mass is 15.1. The van der Waals surface area contributed by atoms with E-state index in [0.717, 1.165) is 5.92 Å². The average Bonchev–Trinajstić information content (AvgIpc) is 2.45. The minimum Gasteiger partial charge on any atom is -0.306 e. The zero-order valence-corrected chi connectivity index (χ0v) is 12.2. The topological polar surface area (TPSA) is 3.24 Å². The van der Waals surface area contributed by atoms with E-state index in [1.165, 1.54) is 31.5 Å². The van der Waals surface area contributed by atoms with Crippen molar-refractivity contribution in [2.45, 2.75) is 46.5 Å². The summed E-state index contributed by atoms with van der Waals surface area (Å²) in [7, 11) is 2.21. The molecule has 98 valence electrons. The van der Waals surface area contributed by atoms with Crippen molar-refractivity contribution in [2.75, 3.05) is 20.1 Å². The van der Waals surface area contributed by atoms with Gasteiger partial charge in [0.15, 0.2) is 0 Å². The zero-order chi connectivity index (χ0) is 13.1. The maximum atomic E-state index is 2.42. The summed E-state index contributed by atoms with van der Waals surface area (Å²) in [5.74, 6) is 0.803. The van der Waals surface area contributed by atoms with Gasteiger partial charge in [-0.15, -0.1) is 0 Å². The Balaban J connectivity index is 0.000000581. The molecule has 0 N–H and O–H groups in total. The third kappa shape index (κ3) is 5.88. The predicted molar refractivity (Wildman–Crippen MR) is 78.6 cm³/mol. The van der Waals surface area contributed by atoms with E-state index in [-0.39, 0.29) is 0 Å². The van der Waals surface area contributed by atoms with Gasteiger partial charge in [0, 0.05) is 0 Å². The van der Waals surface area contributed by atoms with E-state index in [0.29, 0.717) is 0 Å². The van der Waals surface area contributed by atoms with Gasteiger partial charge >= 0.3 is 0 Å². The van der Waals surface area contributed by atoms with Crippen molar-refractivity contribution in [3.63, 3.8) is 0 Å². The molecule has 1 aliphatic rings. The minimum absolute atomic E-state index is 0.803. The fraction of sp³-hybridized carbons (Fsp3) is 0.625. The Morgan fingerprint density at radius 3 is 1.82 bits per heavy atom. The molecule has 1 saturated heterocycles. The third-order valence-electron chi connectivity index (χ3n) is 2.99. The van der Waals surface area contributed by atoms with Crippen molar-refractivity contribution in [2.24, 2.45) is 0 Å². The van der Waals surface area contributed by atoms with Crippen molar-refractivity contribution in [1.82, 2.24) is 4.90 Å². The Kier molecular flexibility index (Phi) is 9.84. The molecule has 17 heavy (non-hydrogen) atoms. The molecule has 1 heterocycles. The maximum Gasteiger partial charge on any atom is -0.00159 e. The lowest BCUT2D eigenvalue weighted by Crippen LogP contribution is -2.29. The summed E-state index contributed by atoms with van der Waals surface area (Å²) in [4.78, 5) is 2.42. The van der Waals surface area contributed by atoms with Crippen molar-refractivity contribution in [1.29, 1.82) is 0 Å². The van der Waals surface area contributed by atoms with Gasteiger partial charge in [-0.25, -0.2) is 0 Å². The lowest BCUT2D eigenvalue weighted by atomic mass is 9.90. The number of rotatable bonds is 1. The van der Waals surface area contributed by atoms with E-state index in [4.69, 9.17) is 0 Å². The van der Waals surface area contributed by atoms with Crippen molar-refractivity contribution >= 4 is 0 Å². The highest BCUT2D eigenvalue weighted by Crippen LogP contribution is 2.26. The van der Waals surface area contributed by atoms with Crippen LogP contribution >= 0.6 is 0 Å². The molecular weight excluding hydrogens is 206 g/mol.